The number of halogens is 3. The van der Waals surface area contributed by atoms with Crippen LogP contribution in [0, 0.1) is 0 Å². The van der Waals surface area contributed by atoms with Crippen molar-refractivity contribution >= 4 is 11.7 Å². The number of nitrogens with one attached hydrogen (secondary N) is 2. The van der Waals surface area contributed by atoms with Gasteiger partial charge < -0.3 is 15.7 Å². The zero-order valence-electron chi connectivity index (χ0n) is 11.2. The zero-order valence-corrected chi connectivity index (χ0v) is 11.2. The Morgan fingerprint density at radius 2 is 1.75 bits per heavy atom. The zero-order chi connectivity index (χ0) is 15.4. The highest BCUT2D eigenvalue weighted by Gasteiger charge is 2.30. The number of aliphatic hydroxyl groups excluding tert-OH is 1. The first-order chi connectivity index (χ1) is 9.14. The summed E-state index contributed by atoms with van der Waals surface area (Å²) >= 11 is 0. The largest absolute Gasteiger partial charge is 0.416 e. The SMILES string of the molecule is CC(C)(CCO)NC(=O)Nc1ccc(C(F)(F)F)cc1. The van der Waals surface area contributed by atoms with E-state index < -0.39 is 23.3 Å². The van der Waals surface area contributed by atoms with Crippen LogP contribution in [-0.2, 0) is 6.18 Å². The minimum atomic E-state index is -4.40. The van der Waals surface area contributed by atoms with Crippen LogP contribution in [0.15, 0.2) is 24.3 Å². The lowest BCUT2D eigenvalue weighted by Crippen LogP contribution is -2.46. The van der Waals surface area contributed by atoms with Crippen molar-refractivity contribution in [2.45, 2.75) is 32.0 Å². The van der Waals surface area contributed by atoms with Crippen molar-refractivity contribution < 1.29 is 23.1 Å². The van der Waals surface area contributed by atoms with Crippen LogP contribution in [0.1, 0.15) is 25.8 Å². The monoisotopic (exact) mass is 290 g/mol. The molecule has 1 rings (SSSR count). The third kappa shape index (κ3) is 5.08. The van der Waals surface area contributed by atoms with Crippen molar-refractivity contribution in [3.05, 3.63) is 29.8 Å². The first-order valence-electron chi connectivity index (χ1n) is 6.01. The summed E-state index contributed by atoms with van der Waals surface area (Å²) in [5.41, 5.74) is -1.12. The molecule has 0 bridgehead atoms. The van der Waals surface area contributed by atoms with E-state index in [-0.39, 0.29) is 12.3 Å². The summed E-state index contributed by atoms with van der Waals surface area (Å²) in [5.74, 6) is 0. The smallest absolute Gasteiger partial charge is 0.396 e. The second-order valence-corrected chi connectivity index (χ2v) is 5.01. The predicted octanol–water partition coefficient (Wildman–Crippen LogP) is 2.99. The predicted molar refractivity (Wildman–Crippen MR) is 69.4 cm³/mol. The van der Waals surface area contributed by atoms with Gasteiger partial charge in [0.05, 0.1) is 5.56 Å². The molecule has 0 aliphatic rings. The number of urea groups is 1. The molecule has 0 fully saturated rings. The van der Waals surface area contributed by atoms with Crippen molar-refractivity contribution in [2.24, 2.45) is 0 Å². The van der Waals surface area contributed by atoms with Crippen molar-refractivity contribution in [1.29, 1.82) is 0 Å². The quantitative estimate of drug-likeness (QED) is 0.798. The van der Waals surface area contributed by atoms with E-state index >= 15 is 0 Å². The highest BCUT2D eigenvalue weighted by molar-refractivity contribution is 5.89. The van der Waals surface area contributed by atoms with Crippen molar-refractivity contribution in [1.82, 2.24) is 5.32 Å². The van der Waals surface area contributed by atoms with Gasteiger partial charge in [-0.1, -0.05) is 0 Å². The highest BCUT2D eigenvalue weighted by atomic mass is 19.4. The van der Waals surface area contributed by atoms with Gasteiger partial charge in [0.25, 0.3) is 0 Å². The molecule has 0 atom stereocenters. The van der Waals surface area contributed by atoms with Gasteiger partial charge in [-0.25, -0.2) is 4.79 Å². The van der Waals surface area contributed by atoms with Gasteiger partial charge in [0.2, 0.25) is 0 Å². The summed E-state index contributed by atoms with van der Waals surface area (Å²) in [5, 5.41) is 13.9. The Balaban J connectivity index is 2.63. The maximum Gasteiger partial charge on any atom is 0.416 e. The molecule has 2 amide bonds. The minimum Gasteiger partial charge on any atom is -0.396 e. The maximum absolute atomic E-state index is 12.4. The molecule has 7 heteroatoms. The molecular formula is C13H17F3N2O2. The lowest BCUT2D eigenvalue weighted by molar-refractivity contribution is -0.137. The number of anilines is 1. The van der Waals surface area contributed by atoms with Crippen LogP contribution in [0.3, 0.4) is 0 Å². The Kier molecular flexibility index (Phi) is 4.99. The van der Waals surface area contributed by atoms with E-state index in [1.165, 1.54) is 12.1 Å². The van der Waals surface area contributed by atoms with Gasteiger partial charge in [-0.05, 0) is 44.5 Å². The van der Waals surface area contributed by atoms with Crippen molar-refractivity contribution in [2.75, 3.05) is 11.9 Å². The second kappa shape index (κ2) is 6.13. The van der Waals surface area contributed by atoms with E-state index in [0.29, 0.717) is 6.42 Å². The number of amides is 2. The molecular weight excluding hydrogens is 273 g/mol. The summed E-state index contributed by atoms with van der Waals surface area (Å²) in [4.78, 5) is 11.7. The topological polar surface area (TPSA) is 61.4 Å². The number of rotatable bonds is 4. The van der Waals surface area contributed by atoms with E-state index in [0.717, 1.165) is 12.1 Å². The van der Waals surface area contributed by atoms with Gasteiger partial charge in [-0.3, -0.25) is 0 Å². The molecule has 0 saturated carbocycles. The van der Waals surface area contributed by atoms with Crippen LogP contribution < -0.4 is 10.6 Å². The molecule has 0 aromatic heterocycles. The second-order valence-electron chi connectivity index (χ2n) is 5.01. The van der Waals surface area contributed by atoms with Gasteiger partial charge in [0, 0.05) is 17.8 Å². The van der Waals surface area contributed by atoms with Crippen LogP contribution in [0.25, 0.3) is 0 Å². The van der Waals surface area contributed by atoms with E-state index in [4.69, 9.17) is 5.11 Å². The van der Waals surface area contributed by atoms with Crippen molar-refractivity contribution in [3.8, 4) is 0 Å². The molecule has 20 heavy (non-hydrogen) atoms. The lowest BCUT2D eigenvalue weighted by atomic mass is 10.0. The number of benzene rings is 1. The maximum atomic E-state index is 12.4. The van der Waals surface area contributed by atoms with Gasteiger partial charge in [0.15, 0.2) is 0 Å². The third-order valence-corrected chi connectivity index (χ3v) is 2.66. The molecule has 1 aromatic carbocycles. The summed E-state index contributed by atoms with van der Waals surface area (Å²) in [6, 6.07) is 3.62. The first-order valence-corrected chi connectivity index (χ1v) is 6.01. The van der Waals surface area contributed by atoms with E-state index in [9.17, 15) is 18.0 Å². The van der Waals surface area contributed by atoms with E-state index in [1.807, 2.05) is 0 Å². The lowest BCUT2D eigenvalue weighted by Gasteiger charge is -2.25. The molecule has 4 nitrogen and oxygen atoms in total. The Hall–Kier alpha value is -1.76. The Morgan fingerprint density at radius 3 is 2.20 bits per heavy atom. The number of alkyl halides is 3. The highest BCUT2D eigenvalue weighted by Crippen LogP contribution is 2.29. The molecule has 0 spiro atoms. The number of carbonyl (C=O) groups is 1. The summed E-state index contributed by atoms with van der Waals surface area (Å²) < 4.78 is 37.1. The number of carbonyl (C=O) groups excluding carboxylic acids is 1. The number of hydrogen-bond donors (Lipinski definition) is 3. The average Bonchev–Trinajstić information content (AvgIpc) is 2.27. The van der Waals surface area contributed by atoms with Crippen LogP contribution in [0.5, 0.6) is 0 Å². The van der Waals surface area contributed by atoms with E-state index in [1.54, 1.807) is 13.8 Å². The van der Waals surface area contributed by atoms with Crippen LogP contribution >= 0.6 is 0 Å². The number of aliphatic hydroxyl groups is 1. The third-order valence-electron chi connectivity index (χ3n) is 2.66. The molecule has 1 aromatic rings. The van der Waals surface area contributed by atoms with Gasteiger partial charge in [-0.15, -0.1) is 0 Å². The minimum absolute atomic E-state index is 0.0758. The molecule has 0 radical (unpaired) electrons. The van der Waals surface area contributed by atoms with Crippen molar-refractivity contribution in [3.63, 3.8) is 0 Å². The first kappa shape index (κ1) is 16.3. The molecule has 112 valence electrons. The molecule has 3 N–H and O–H groups in total. The van der Waals surface area contributed by atoms with Gasteiger partial charge >= 0.3 is 12.2 Å². The van der Waals surface area contributed by atoms with Crippen LogP contribution in [0.4, 0.5) is 23.7 Å². The molecule has 0 aliphatic carbocycles. The fourth-order valence-electron chi connectivity index (χ4n) is 1.55. The van der Waals surface area contributed by atoms with E-state index in [2.05, 4.69) is 10.6 Å². The van der Waals surface area contributed by atoms with Crippen LogP contribution in [-0.4, -0.2) is 23.3 Å². The Morgan fingerprint density at radius 1 is 1.20 bits per heavy atom. The Bertz CT molecular complexity index is 456. The molecule has 0 aliphatic heterocycles. The summed E-state index contributed by atoms with van der Waals surface area (Å²) in [7, 11) is 0. The normalized spacial score (nSPS) is 12.1. The Labute approximate surface area is 115 Å². The standard InChI is InChI=1S/C13H17F3N2O2/c1-12(2,7-8-19)18-11(20)17-10-5-3-9(4-6-10)13(14,15)16/h3-6,19H,7-8H2,1-2H3,(H2,17,18,20). The number of hydrogen-bond acceptors (Lipinski definition) is 2. The summed E-state index contributed by atoms with van der Waals surface area (Å²) in [6.07, 6.45) is -4.03. The molecule has 0 saturated heterocycles. The fraction of sp³-hybridized carbons (Fsp3) is 0.462. The average molecular weight is 290 g/mol. The molecule has 0 unspecified atom stereocenters. The van der Waals surface area contributed by atoms with Gasteiger partial charge in [0.1, 0.15) is 0 Å². The molecule has 0 heterocycles. The summed E-state index contributed by atoms with van der Waals surface area (Å²) in [6.45, 7) is 3.39. The van der Waals surface area contributed by atoms with Gasteiger partial charge in [-0.2, -0.15) is 13.2 Å². The van der Waals surface area contributed by atoms with Crippen LogP contribution in [0.2, 0.25) is 0 Å². The fourth-order valence-corrected chi connectivity index (χ4v) is 1.55.